The fourth-order valence-corrected chi connectivity index (χ4v) is 3.54. The monoisotopic (exact) mass is 287 g/mol. The van der Waals surface area contributed by atoms with Crippen molar-refractivity contribution in [2.75, 3.05) is 39.8 Å². The molecule has 2 fully saturated rings. The molecule has 0 radical (unpaired) electrons. The number of aryl methyl sites for hydroxylation is 1. The lowest BCUT2D eigenvalue weighted by atomic mass is 9.98. The van der Waals surface area contributed by atoms with Crippen molar-refractivity contribution in [1.82, 2.24) is 15.1 Å². The van der Waals surface area contributed by atoms with Crippen molar-refractivity contribution in [2.24, 2.45) is 0 Å². The van der Waals surface area contributed by atoms with Crippen LogP contribution in [0.5, 0.6) is 0 Å². The molecule has 0 aromatic heterocycles. The van der Waals surface area contributed by atoms with Crippen molar-refractivity contribution in [3.63, 3.8) is 0 Å². The molecule has 1 atom stereocenters. The zero-order valence-corrected chi connectivity index (χ0v) is 13.5. The molecule has 1 saturated carbocycles. The van der Waals surface area contributed by atoms with Gasteiger partial charge in [-0.2, -0.15) is 0 Å². The van der Waals surface area contributed by atoms with Gasteiger partial charge in [-0.3, -0.25) is 4.90 Å². The highest BCUT2D eigenvalue weighted by atomic mass is 15.3. The van der Waals surface area contributed by atoms with Gasteiger partial charge in [-0.15, -0.1) is 0 Å². The highest BCUT2D eigenvalue weighted by molar-refractivity contribution is 5.28. The number of piperazine rings is 1. The van der Waals surface area contributed by atoms with Crippen LogP contribution in [0.4, 0.5) is 0 Å². The SMILES string of the molecule is CNC(CCN1CCN(C2CC2)CC1)c1ccccc1C. The Morgan fingerprint density at radius 2 is 1.86 bits per heavy atom. The molecule has 1 unspecified atom stereocenters. The summed E-state index contributed by atoms with van der Waals surface area (Å²) in [6, 6.07) is 10.2. The van der Waals surface area contributed by atoms with Crippen molar-refractivity contribution in [3.05, 3.63) is 35.4 Å². The Balaban J connectivity index is 1.48. The Hall–Kier alpha value is -0.900. The standard InChI is InChI=1S/C18H29N3/c1-15-5-3-4-6-17(15)18(19-2)9-10-20-11-13-21(14-12-20)16-7-8-16/h3-6,16,18-19H,7-14H2,1-2H3. The van der Waals surface area contributed by atoms with E-state index in [0.29, 0.717) is 6.04 Å². The van der Waals surface area contributed by atoms with Crippen LogP contribution in [-0.4, -0.2) is 55.6 Å². The van der Waals surface area contributed by atoms with E-state index in [4.69, 9.17) is 0 Å². The van der Waals surface area contributed by atoms with Gasteiger partial charge in [0.25, 0.3) is 0 Å². The molecule has 0 amide bonds. The Kier molecular flexibility index (Phi) is 4.94. The van der Waals surface area contributed by atoms with Gasteiger partial charge in [0.15, 0.2) is 0 Å². The largest absolute Gasteiger partial charge is 0.313 e. The predicted octanol–water partition coefficient (Wildman–Crippen LogP) is 2.43. The first-order chi connectivity index (χ1) is 10.3. The molecule has 2 aliphatic rings. The van der Waals surface area contributed by atoms with Crippen molar-refractivity contribution >= 4 is 0 Å². The third kappa shape index (κ3) is 3.85. The molecule has 116 valence electrons. The van der Waals surface area contributed by atoms with Gasteiger partial charge in [-0.05, 0) is 44.4 Å². The summed E-state index contributed by atoms with van der Waals surface area (Å²) in [4.78, 5) is 5.33. The predicted molar refractivity (Wildman–Crippen MR) is 88.6 cm³/mol. The van der Waals surface area contributed by atoms with Crippen LogP contribution in [0.2, 0.25) is 0 Å². The van der Waals surface area contributed by atoms with Crippen LogP contribution in [0.25, 0.3) is 0 Å². The second-order valence-electron chi connectivity index (χ2n) is 6.60. The lowest BCUT2D eigenvalue weighted by molar-refractivity contribution is 0.123. The maximum absolute atomic E-state index is 3.50. The number of hydrogen-bond acceptors (Lipinski definition) is 3. The van der Waals surface area contributed by atoms with E-state index in [-0.39, 0.29) is 0 Å². The Morgan fingerprint density at radius 1 is 1.14 bits per heavy atom. The van der Waals surface area contributed by atoms with Gasteiger partial charge < -0.3 is 10.2 Å². The second-order valence-corrected chi connectivity index (χ2v) is 6.60. The van der Waals surface area contributed by atoms with E-state index >= 15 is 0 Å². The van der Waals surface area contributed by atoms with E-state index in [1.54, 1.807) is 0 Å². The third-order valence-corrected chi connectivity index (χ3v) is 5.12. The van der Waals surface area contributed by atoms with Crippen molar-refractivity contribution in [1.29, 1.82) is 0 Å². The summed E-state index contributed by atoms with van der Waals surface area (Å²) in [5, 5.41) is 3.50. The minimum Gasteiger partial charge on any atom is -0.313 e. The second kappa shape index (κ2) is 6.91. The lowest BCUT2D eigenvalue weighted by Gasteiger charge is -2.35. The van der Waals surface area contributed by atoms with Crippen LogP contribution in [0.1, 0.15) is 36.4 Å². The summed E-state index contributed by atoms with van der Waals surface area (Å²) in [6.45, 7) is 8.48. The number of nitrogens with zero attached hydrogens (tertiary/aromatic N) is 2. The molecular weight excluding hydrogens is 258 g/mol. The van der Waals surface area contributed by atoms with Crippen LogP contribution in [0.15, 0.2) is 24.3 Å². The highest BCUT2D eigenvalue weighted by Crippen LogP contribution is 2.27. The van der Waals surface area contributed by atoms with Gasteiger partial charge in [-0.25, -0.2) is 0 Å². The van der Waals surface area contributed by atoms with Gasteiger partial charge in [0.05, 0.1) is 0 Å². The first-order valence-corrected chi connectivity index (χ1v) is 8.47. The third-order valence-electron chi connectivity index (χ3n) is 5.12. The Bertz CT molecular complexity index is 448. The van der Waals surface area contributed by atoms with E-state index in [1.807, 2.05) is 0 Å². The Morgan fingerprint density at radius 3 is 2.48 bits per heavy atom. The van der Waals surface area contributed by atoms with Gasteiger partial charge in [0.2, 0.25) is 0 Å². The molecule has 1 heterocycles. The average molecular weight is 287 g/mol. The summed E-state index contributed by atoms with van der Waals surface area (Å²) in [7, 11) is 2.09. The molecule has 21 heavy (non-hydrogen) atoms. The first-order valence-electron chi connectivity index (χ1n) is 8.47. The van der Waals surface area contributed by atoms with Gasteiger partial charge in [0.1, 0.15) is 0 Å². The lowest BCUT2D eigenvalue weighted by Crippen LogP contribution is -2.47. The van der Waals surface area contributed by atoms with Gasteiger partial charge in [-0.1, -0.05) is 24.3 Å². The smallest absolute Gasteiger partial charge is 0.0332 e. The van der Waals surface area contributed by atoms with E-state index in [9.17, 15) is 0 Å². The van der Waals surface area contributed by atoms with E-state index < -0.39 is 0 Å². The van der Waals surface area contributed by atoms with E-state index in [0.717, 1.165) is 6.04 Å². The molecule has 1 saturated heterocycles. The molecule has 0 spiro atoms. The maximum Gasteiger partial charge on any atom is 0.0332 e. The normalized spacial score (nSPS) is 22.4. The molecular formula is C18H29N3. The summed E-state index contributed by atoms with van der Waals surface area (Å²) in [5.41, 5.74) is 2.85. The molecule has 1 N–H and O–H groups in total. The number of nitrogens with one attached hydrogen (secondary N) is 1. The molecule has 3 heteroatoms. The maximum atomic E-state index is 3.50. The molecule has 3 rings (SSSR count). The zero-order chi connectivity index (χ0) is 14.7. The number of hydrogen-bond donors (Lipinski definition) is 1. The average Bonchev–Trinajstić information content (AvgIpc) is 3.35. The minimum absolute atomic E-state index is 0.479. The topological polar surface area (TPSA) is 18.5 Å². The summed E-state index contributed by atoms with van der Waals surface area (Å²) < 4.78 is 0. The quantitative estimate of drug-likeness (QED) is 0.867. The number of rotatable bonds is 6. The first kappa shape index (κ1) is 15.0. The van der Waals surface area contributed by atoms with Crippen LogP contribution in [0.3, 0.4) is 0 Å². The van der Waals surface area contributed by atoms with Crippen LogP contribution in [0, 0.1) is 6.92 Å². The van der Waals surface area contributed by atoms with Gasteiger partial charge >= 0.3 is 0 Å². The summed E-state index contributed by atoms with van der Waals surface area (Å²) in [6.07, 6.45) is 4.08. The molecule has 1 aliphatic heterocycles. The fourth-order valence-electron chi connectivity index (χ4n) is 3.54. The zero-order valence-electron chi connectivity index (χ0n) is 13.5. The number of benzene rings is 1. The van der Waals surface area contributed by atoms with Gasteiger partial charge in [0, 0.05) is 44.8 Å². The van der Waals surface area contributed by atoms with Crippen LogP contribution >= 0.6 is 0 Å². The van der Waals surface area contributed by atoms with Crippen molar-refractivity contribution < 1.29 is 0 Å². The molecule has 3 nitrogen and oxygen atoms in total. The van der Waals surface area contributed by atoms with Crippen molar-refractivity contribution in [3.8, 4) is 0 Å². The summed E-state index contributed by atoms with van der Waals surface area (Å²) >= 11 is 0. The molecule has 1 aromatic rings. The highest BCUT2D eigenvalue weighted by Gasteiger charge is 2.31. The fraction of sp³-hybridized carbons (Fsp3) is 0.667. The van der Waals surface area contributed by atoms with Crippen LogP contribution < -0.4 is 5.32 Å². The van der Waals surface area contributed by atoms with Crippen LogP contribution in [-0.2, 0) is 0 Å². The Labute approximate surface area is 129 Å². The van der Waals surface area contributed by atoms with E-state index in [2.05, 4.69) is 53.4 Å². The van der Waals surface area contributed by atoms with E-state index in [1.165, 1.54) is 63.1 Å². The minimum atomic E-state index is 0.479. The van der Waals surface area contributed by atoms with Crippen molar-refractivity contribution in [2.45, 2.75) is 38.3 Å². The summed E-state index contributed by atoms with van der Waals surface area (Å²) in [5.74, 6) is 0. The molecule has 0 bridgehead atoms. The molecule has 1 aromatic carbocycles. The molecule has 1 aliphatic carbocycles.